The monoisotopic (exact) mass is 159 g/mol. The van der Waals surface area contributed by atoms with Crippen LogP contribution < -0.4 is 5.32 Å². The molecule has 1 atom stereocenters. The molecule has 3 heteroatoms. The second-order valence-electron chi connectivity index (χ2n) is 2.44. The van der Waals surface area contributed by atoms with E-state index in [-0.39, 0.29) is 11.9 Å². The zero-order valence-corrected chi connectivity index (χ0v) is 7.52. The quantitative estimate of drug-likeness (QED) is 0.603. The Bertz CT molecular complexity index is 115. The number of ether oxygens (including phenoxy) is 1. The van der Waals surface area contributed by atoms with Gasteiger partial charge in [-0.2, -0.15) is 0 Å². The molecule has 0 aliphatic rings. The number of carbonyl (C=O) groups is 1. The second-order valence-corrected chi connectivity index (χ2v) is 2.44. The third kappa shape index (κ3) is 3.98. The predicted molar refractivity (Wildman–Crippen MR) is 44.3 cm³/mol. The van der Waals surface area contributed by atoms with Crippen molar-refractivity contribution in [1.29, 1.82) is 0 Å². The van der Waals surface area contributed by atoms with Crippen molar-refractivity contribution in [1.82, 2.24) is 5.32 Å². The highest BCUT2D eigenvalue weighted by Crippen LogP contribution is 2.02. The highest BCUT2D eigenvalue weighted by atomic mass is 16.5. The van der Waals surface area contributed by atoms with E-state index >= 15 is 0 Å². The summed E-state index contributed by atoms with van der Waals surface area (Å²) >= 11 is 0. The van der Waals surface area contributed by atoms with E-state index in [1.165, 1.54) is 7.11 Å². The van der Waals surface area contributed by atoms with Gasteiger partial charge >= 0.3 is 5.97 Å². The summed E-state index contributed by atoms with van der Waals surface area (Å²) in [6, 6.07) is 0. The van der Waals surface area contributed by atoms with Gasteiger partial charge in [-0.15, -0.1) is 0 Å². The summed E-state index contributed by atoms with van der Waals surface area (Å²) in [5, 5.41) is 3.11. The second kappa shape index (κ2) is 6.16. The molecule has 0 amide bonds. The van der Waals surface area contributed by atoms with Crippen LogP contribution in [0.5, 0.6) is 0 Å². The van der Waals surface area contributed by atoms with E-state index in [9.17, 15) is 4.79 Å². The minimum atomic E-state index is -0.117. The van der Waals surface area contributed by atoms with E-state index in [2.05, 4.69) is 10.1 Å². The molecule has 0 bridgehead atoms. The third-order valence-corrected chi connectivity index (χ3v) is 1.67. The molecule has 1 N–H and O–H groups in total. The lowest BCUT2D eigenvalue weighted by Gasteiger charge is -2.11. The number of carbonyl (C=O) groups excluding carboxylic acids is 1. The smallest absolute Gasteiger partial charge is 0.309 e. The molecule has 0 spiro atoms. The molecular weight excluding hydrogens is 142 g/mol. The van der Waals surface area contributed by atoms with Crippen LogP contribution in [0.15, 0.2) is 0 Å². The van der Waals surface area contributed by atoms with Gasteiger partial charge in [0.2, 0.25) is 0 Å². The van der Waals surface area contributed by atoms with Crippen molar-refractivity contribution in [3.05, 3.63) is 0 Å². The minimum Gasteiger partial charge on any atom is -0.469 e. The zero-order chi connectivity index (χ0) is 8.69. The Balaban J connectivity index is 3.65. The number of hydrogen-bond donors (Lipinski definition) is 1. The molecule has 0 aliphatic heterocycles. The van der Waals surface area contributed by atoms with E-state index in [0.717, 1.165) is 19.5 Å². The summed E-state index contributed by atoms with van der Waals surface area (Å²) in [4.78, 5) is 11.0. The topological polar surface area (TPSA) is 38.3 Å². The van der Waals surface area contributed by atoms with E-state index in [0.29, 0.717) is 0 Å². The number of nitrogens with one attached hydrogen (secondary N) is 1. The van der Waals surface area contributed by atoms with Crippen LogP contribution in [0.3, 0.4) is 0 Å². The van der Waals surface area contributed by atoms with Crippen LogP contribution in [0.4, 0.5) is 0 Å². The van der Waals surface area contributed by atoms with Crippen LogP contribution in [0.1, 0.15) is 20.3 Å². The zero-order valence-electron chi connectivity index (χ0n) is 7.52. The molecule has 0 aromatic carbocycles. The van der Waals surface area contributed by atoms with Crippen LogP contribution in [0, 0.1) is 5.92 Å². The molecule has 0 radical (unpaired) electrons. The molecule has 11 heavy (non-hydrogen) atoms. The average molecular weight is 159 g/mol. The van der Waals surface area contributed by atoms with E-state index in [1.54, 1.807) is 0 Å². The third-order valence-electron chi connectivity index (χ3n) is 1.67. The Morgan fingerprint density at radius 2 is 2.18 bits per heavy atom. The summed E-state index contributed by atoms with van der Waals surface area (Å²) in [7, 11) is 1.43. The molecule has 0 aromatic rings. The Kier molecular flexibility index (Phi) is 5.84. The number of methoxy groups -OCH3 is 1. The average Bonchev–Trinajstić information content (AvgIpc) is 2.05. The highest BCUT2D eigenvalue weighted by molar-refractivity contribution is 5.72. The van der Waals surface area contributed by atoms with Gasteiger partial charge in [-0.1, -0.05) is 13.8 Å². The number of rotatable bonds is 5. The summed E-state index contributed by atoms with van der Waals surface area (Å²) in [5.41, 5.74) is 0. The van der Waals surface area contributed by atoms with Crippen molar-refractivity contribution in [2.45, 2.75) is 20.3 Å². The molecule has 0 heterocycles. The van der Waals surface area contributed by atoms with E-state index in [1.807, 2.05) is 13.8 Å². The molecule has 0 saturated carbocycles. The summed E-state index contributed by atoms with van der Waals surface area (Å²) in [5.74, 6) is -0.103. The van der Waals surface area contributed by atoms with Gasteiger partial charge in [0.25, 0.3) is 0 Å². The van der Waals surface area contributed by atoms with Crippen LogP contribution in [-0.2, 0) is 9.53 Å². The molecule has 0 fully saturated rings. The number of hydrogen-bond acceptors (Lipinski definition) is 3. The van der Waals surface area contributed by atoms with Crippen molar-refractivity contribution in [3.8, 4) is 0 Å². The highest BCUT2D eigenvalue weighted by Gasteiger charge is 2.15. The molecule has 3 nitrogen and oxygen atoms in total. The molecule has 0 aliphatic carbocycles. The van der Waals surface area contributed by atoms with Gasteiger partial charge in [-0.05, 0) is 13.0 Å². The molecular formula is C8H17NO2. The molecule has 1 unspecified atom stereocenters. The molecule has 0 aromatic heterocycles. The first-order valence-electron chi connectivity index (χ1n) is 4.04. The maximum atomic E-state index is 11.0. The van der Waals surface area contributed by atoms with Crippen LogP contribution in [0.25, 0.3) is 0 Å². The summed E-state index contributed by atoms with van der Waals surface area (Å²) in [6.45, 7) is 5.62. The standard InChI is InChI=1S/C8H17NO2/c1-4-7(6-9-5-2)8(10)11-3/h7,9H,4-6H2,1-3H3. The van der Waals surface area contributed by atoms with Gasteiger partial charge in [-0.3, -0.25) is 4.79 Å². The first kappa shape index (κ1) is 10.4. The molecule has 66 valence electrons. The fourth-order valence-electron chi connectivity index (χ4n) is 0.880. The van der Waals surface area contributed by atoms with Crippen LogP contribution in [-0.4, -0.2) is 26.2 Å². The van der Waals surface area contributed by atoms with Gasteiger partial charge in [0.15, 0.2) is 0 Å². The Morgan fingerprint density at radius 1 is 1.55 bits per heavy atom. The van der Waals surface area contributed by atoms with Gasteiger partial charge in [0.1, 0.15) is 0 Å². The van der Waals surface area contributed by atoms with Gasteiger partial charge < -0.3 is 10.1 Å². The fourth-order valence-corrected chi connectivity index (χ4v) is 0.880. The maximum absolute atomic E-state index is 11.0. The van der Waals surface area contributed by atoms with E-state index < -0.39 is 0 Å². The largest absolute Gasteiger partial charge is 0.469 e. The van der Waals surface area contributed by atoms with Gasteiger partial charge in [0, 0.05) is 6.54 Å². The SMILES string of the molecule is CCNCC(CC)C(=O)OC. The lowest BCUT2D eigenvalue weighted by Crippen LogP contribution is -2.28. The van der Waals surface area contributed by atoms with Crippen molar-refractivity contribution in [3.63, 3.8) is 0 Å². The van der Waals surface area contributed by atoms with Crippen molar-refractivity contribution >= 4 is 5.97 Å². The summed E-state index contributed by atoms with van der Waals surface area (Å²) < 4.78 is 4.62. The minimum absolute atomic E-state index is 0.0138. The number of esters is 1. The summed E-state index contributed by atoms with van der Waals surface area (Å²) in [6.07, 6.45) is 0.833. The predicted octanol–water partition coefficient (Wildman–Crippen LogP) is 0.795. The van der Waals surface area contributed by atoms with Crippen molar-refractivity contribution in [2.75, 3.05) is 20.2 Å². The normalized spacial score (nSPS) is 12.6. The Labute approximate surface area is 68.1 Å². The van der Waals surface area contributed by atoms with E-state index in [4.69, 9.17) is 0 Å². The lowest BCUT2D eigenvalue weighted by atomic mass is 10.1. The van der Waals surface area contributed by atoms with Crippen molar-refractivity contribution < 1.29 is 9.53 Å². The lowest BCUT2D eigenvalue weighted by molar-refractivity contribution is -0.145. The fraction of sp³-hybridized carbons (Fsp3) is 0.875. The first-order valence-corrected chi connectivity index (χ1v) is 4.04. The Morgan fingerprint density at radius 3 is 2.55 bits per heavy atom. The molecule has 0 saturated heterocycles. The van der Waals surface area contributed by atoms with Gasteiger partial charge in [0.05, 0.1) is 13.0 Å². The first-order chi connectivity index (χ1) is 5.26. The van der Waals surface area contributed by atoms with Gasteiger partial charge in [-0.25, -0.2) is 0 Å². The van der Waals surface area contributed by atoms with Crippen molar-refractivity contribution in [2.24, 2.45) is 5.92 Å². The van der Waals surface area contributed by atoms with Crippen LogP contribution >= 0.6 is 0 Å². The maximum Gasteiger partial charge on any atom is 0.309 e. The molecule has 0 rings (SSSR count). The Hall–Kier alpha value is -0.570. The van der Waals surface area contributed by atoms with Crippen LogP contribution in [0.2, 0.25) is 0 Å².